The highest BCUT2D eigenvalue weighted by Crippen LogP contribution is 2.43. The Labute approximate surface area is 109 Å². The van der Waals surface area contributed by atoms with Crippen molar-refractivity contribution in [3.63, 3.8) is 0 Å². The van der Waals surface area contributed by atoms with Gasteiger partial charge >= 0.3 is 6.09 Å². The average Bonchev–Trinajstić information content (AvgIpc) is 2.47. The fourth-order valence-corrected chi connectivity index (χ4v) is 3.29. The summed E-state index contributed by atoms with van der Waals surface area (Å²) in [5, 5.41) is 10.1. The minimum absolute atomic E-state index is 0.215. The molecule has 18 heavy (non-hydrogen) atoms. The number of likely N-dealkylation sites (tertiary alicyclic amines) is 1. The van der Waals surface area contributed by atoms with Crippen molar-refractivity contribution in [1.29, 1.82) is 0 Å². The second kappa shape index (κ2) is 4.41. The van der Waals surface area contributed by atoms with E-state index in [1.54, 1.807) is 4.90 Å². The monoisotopic (exact) mass is 255 g/mol. The molecular formula is C14H25NO3. The molecule has 3 atom stereocenters. The molecule has 0 radical (unpaired) electrons. The molecule has 1 heterocycles. The molecule has 1 aliphatic heterocycles. The molecule has 1 amide bonds. The number of ether oxygens (including phenoxy) is 1. The van der Waals surface area contributed by atoms with Gasteiger partial charge in [0.15, 0.2) is 0 Å². The maximum absolute atomic E-state index is 12.0. The minimum Gasteiger partial charge on any atom is -0.444 e. The smallest absolute Gasteiger partial charge is 0.410 e. The third-order valence-electron chi connectivity index (χ3n) is 3.95. The van der Waals surface area contributed by atoms with Crippen LogP contribution in [-0.4, -0.2) is 40.4 Å². The van der Waals surface area contributed by atoms with Gasteiger partial charge in [-0.15, -0.1) is 0 Å². The molecule has 2 aliphatic rings. The fraction of sp³-hybridized carbons (Fsp3) is 0.929. The summed E-state index contributed by atoms with van der Waals surface area (Å²) in [7, 11) is 0. The van der Waals surface area contributed by atoms with Crippen LogP contribution in [-0.2, 0) is 4.74 Å². The molecular weight excluding hydrogens is 230 g/mol. The van der Waals surface area contributed by atoms with Crippen molar-refractivity contribution in [1.82, 2.24) is 4.90 Å². The van der Waals surface area contributed by atoms with E-state index in [0.29, 0.717) is 11.8 Å². The van der Waals surface area contributed by atoms with E-state index in [2.05, 4.69) is 0 Å². The van der Waals surface area contributed by atoms with E-state index in [9.17, 15) is 9.90 Å². The molecule has 1 saturated heterocycles. The van der Waals surface area contributed by atoms with Gasteiger partial charge in [-0.1, -0.05) is 0 Å². The van der Waals surface area contributed by atoms with Gasteiger partial charge in [0, 0.05) is 13.1 Å². The fourth-order valence-electron chi connectivity index (χ4n) is 3.29. The topological polar surface area (TPSA) is 49.8 Å². The van der Waals surface area contributed by atoms with Gasteiger partial charge in [-0.2, -0.15) is 0 Å². The molecule has 3 unspecified atom stereocenters. The second-order valence-corrected chi connectivity index (χ2v) is 7.14. The van der Waals surface area contributed by atoms with Gasteiger partial charge < -0.3 is 14.7 Å². The van der Waals surface area contributed by atoms with Crippen LogP contribution in [0.5, 0.6) is 0 Å². The molecule has 0 aromatic heterocycles. The van der Waals surface area contributed by atoms with Crippen LogP contribution >= 0.6 is 0 Å². The Balaban J connectivity index is 1.93. The number of nitrogens with zero attached hydrogens (tertiary/aromatic N) is 1. The Bertz CT molecular complexity index is 332. The van der Waals surface area contributed by atoms with Crippen LogP contribution < -0.4 is 0 Å². The summed E-state index contributed by atoms with van der Waals surface area (Å²) in [6, 6.07) is 0. The maximum Gasteiger partial charge on any atom is 0.410 e. The van der Waals surface area contributed by atoms with Crippen LogP contribution in [0.1, 0.15) is 47.0 Å². The first-order chi connectivity index (χ1) is 8.16. The van der Waals surface area contributed by atoms with Crippen molar-refractivity contribution in [3.05, 3.63) is 0 Å². The predicted octanol–water partition coefficient (Wildman–Crippen LogP) is 2.40. The van der Waals surface area contributed by atoms with Crippen molar-refractivity contribution >= 4 is 6.09 Å². The number of piperidine rings is 1. The second-order valence-electron chi connectivity index (χ2n) is 7.14. The van der Waals surface area contributed by atoms with E-state index in [1.807, 2.05) is 27.7 Å². The van der Waals surface area contributed by atoms with E-state index >= 15 is 0 Å². The van der Waals surface area contributed by atoms with E-state index in [-0.39, 0.29) is 6.09 Å². The van der Waals surface area contributed by atoms with E-state index in [4.69, 9.17) is 4.74 Å². The molecule has 0 aromatic rings. The summed E-state index contributed by atoms with van der Waals surface area (Å²) in [6.45, 7) is 9.05. The molecule has 2 rings (SSSR count). The van der Waals surface area contributed by atoms with Crippen molar-refractivity contribution in [2.24, 2.45) is 11.8 Å². The summed E-state index contributed by atoms with van der Waals surface area (Å²) in [4.78, 5) is 13.8. The van der Waals surface area contributed by atoms with E-state index in [0.717, 1.165) is 32.4 Å². The normalized spacial score (nSPS) is 36.4. The first-order valence-corrected chi connectivity index (χ1v) is 6.87. The Morgan fingerprint density at radius 1 is 1.33 bits per heavy atom. The number of aliphatic hydroxyl groups is 1. The number of carbonyl (C=O) groups is 1. The highest BCUT2D eigenvalue weighted by Gasteiger charge is 2.44. The number of hydrogen-bond acceptors (Lipinski definition) is 3. The van der Waals surface area contributed by atoms with Gasteiger partial charge in [0.1, 0.15) is 5.60 Å². The molecule has 0 spiro atoms. The lowest BCUT2D eigenvalue weighted by Gasteiger charge is -2.35. The van der Waals surface area contributed by atoms with Crippen LogP contribution in [0.2, 0.25) is 0 Å². The average molecular weight is 255 g/mol. The van der Waals surface area contributed by atoms with Gasteiger partial charge in [0.25, 0.3) is 0 Å². The third kappa shape index (κ3) is 3.16. The zero-order chi connectivity index (χ0) is 13.6. The van der Waals surface area contributed by atoms with Crippen LogP contribution in [0, 0.1) is 11.8 Å². The van der Waals surface area contributed by atoms with E-state index < -0.39 is 11.2 Å². The molecule has 2 fully saturated rings. The molecule has 1 aliphatic carbocycles. The van der Waals surface area contributed by atoms with E-state index in [1.165, 1.54) is 0 Å². The minimum atomic E-state index is -0.542. The third-order valence-corrected chi connectivity index (χ3v) is 3.95. The maximum atomic E-state index is 12.0. The van der Waals surface area contributed by atoms with Crippen LogP contribution in [0.3, 0.4) is 0 Å². The molecule has 0 bridgehead atoms. The van der Waals surface area contributed by atoms with Gasteiger partial charge in [-0.05, 0) is 58.8 Å². The molecule has 104 valence electrons. The molecule has 1 saturated carbocycles. The highest BCUT2D eigenvalue weighted by atomic mass is 16.6. The predicted molar refractivity (Wildman–Crippen MR) is 69.3 cm³/mol. The summed E-state index contributed by atoms with van der Waals surface area (Å²) >= 11 is 0. The zero-order valence-corrected chi connectivity index (χ0v) is 11.9. The number of hydrogen-bond donors (Lipinski definition) is 1. The Morgan fingerprint density at radius 3 is 2.56 bits per heavy atom. The summed E-state index contributed by atoms with van der Waals surface area (Å²) < 4.78 is 5.40. The standard InChI is InChI=1S/C14H25NO3/c1-13(2,3)18-12(16)15-6-5-10-7-14(4,17)8-11(10)9-15/h10-11,17H,5-9H2,1-4H3. The van der Waals surface area contributed by atoms with Crippen LogP contribution in [0.25, 0.3) is 0 Å². The summed E-state index contributed by atoms with van der Waals surface area (Å²) in [5.74, 6) is 1.000. The SMILES string of the molecule is CC1(O)CC2CCN(C(=O)OC(C)(C)C)CC2C1. The van der Waals surface area contributed by atoms with Gasteiger partial charge in [0.05, 0.1) is 5.60 Å². The lowest BCUT2D eigenvalue weighted by Crippen LogP contribution is -2.44. The quantitative estimate of drug-likeness (QED) is 0.723. The number of rotatable bonds is 0. The van der Waals surface area contributed by atoms with Crippen molar-refractivity contribution in [2.45, 2.75) is 58.2 Å². The number of fused-ring (bicyclic) bond motifs is 1. The van der Waals surface area contributed by atoms with Crippen LogP contribution in [0.4, 0.5) is 4.79 Å². The van der Waals surface area contributed by atoms with Gasteiger partial charge in [-0.25, -0.2) is 4.79 Å². The van der Waals surface area contributed by atoms with Gasteiger partial charge in [0.2, 0.25) is 0 Å². The van der Waals surface area contributed by atoms with Crippen molar-refractivity contribution in [2.75, 3.05) is 13.1 Å². The first kappa shape index (κ1) is 13.7. The summed E-state index contributed by atoms with van der Waals surface area (Å²) in [5.41, 5.74) is -0.978. The Kier molecular flexibility index (Phi) is 3.34. The Morgan fingerprint density at radius 2 is 1.94 bits per heavy atom. The van der Waals surface area contributed by atoms with Crippen molar-refractivity contribution in [3.8, 4) is 0 Å². The summed E-state index contributed by atoms with van der Waals surface area (Å²) in [6.07, 6.45) is 2.45. The zero-order valence-electron chi connectivity index (χ0n) is 11.9. The number of carbonyl (C=O) groups excluding carboxylic acids is 1. The lowest BCUT2D eigenvalue weighted by molar-refractivity contribution is 0.0123. The Hall–Kier alpha value is -0.770. The molecule has 0 aromatic carbocycles. The number of amides is 1. The lowest BCUT2D eigenvalue weighted by atomic mass is 9.89. The molecule has 4 nitrogen and oxygen atoms in total. The highest BCUT2D eigenvalue weighted by molar-refractivity contribution is 5.68. The molecule has 4 heteroatoms. The largest absolute Gasteiger partial charge is 0.444 e. The van der Waals surface area contributed by atoms with Crippen LogP contribution in [0.15, 0.2) is 0 Å². The first-order valence-electron chi connectivity index (χ1n) is 6.87. The molecule has 1 N–H and O–H groups in total. The van der Waals surface area contributed by atoms with Crippen molar-refractivity contribution < 1.29 is 14.6 Å². The van der Waals surface area contributed by atoms with Gasteiger partial charge in [-0.3, -0.25) is 0 Å².